The smallest absolute Gasteiger partial charge is 0.0245 e. The van der Waals surface area contributed by atoms with Crippen molar-refractivity contribution in [3.63, 3.8) is 0 Å². The first-order valence-electron chi connectivity index (χ1n) is 6.26. The second-order valence-electron chi connectivity index (χ2n) is 6.43. The molecule has 1 heterocycles. The van der Waals surface area contributed by atoms with Crippen LogP contribution in [0.4, 0.5) is 0 Å². The average molecular weight is 245 g/mol. The van der Waals surface area contributed by atoms with E-state index < -0.39 is 9.71 Å². The Morgan fingerprint density at radius 3 is 2.19 bits per heavy atom. The molecule has 2 nitrogen and oxygen atoms in total. The van der Waals surface area contributed by atoms with Crippen LogP contribution in [0.25, 0.3) is 0 Å². The van der Waals surface area contributed by atoms with Gasteiger partial charge < -0.3 is 0 Å². The van der Waals surface area contributed by atoms with Crippen molar-refractivity contribution in [2.75, 3.05) is 19.3 Å². The number of nitrogens with zero attached hydrogens (tertiary/aromatic N) is 1. The van der Waals surface area contributed by atoms with E-state index in [1.165, 1.54) is 25.7 Å². The molecule has 16 heavy (non-hydrogen) atoms. The monoisotopic (exact) mass is 245 g/mol. The van der Waals surface area contributed by atoms with Crippen LogP contribution in [0.5, 0.6) is 0 Å². The van der Waals surface area contributed by atoms with Gasteiger partial charge in [-0.2, -0.15) is 0 Å². The molecule has 1 rings (SSSR count). The van der Waals surface area contributed by atoms with Crippen LogP contribution in [0.2, 0.25) is 0 Å². The molecule has 0 amide bonds. The minimum Gasteiger partial charge on any atom is -0.253 e. The summed E-state index contributed by atoms with van der Waals surface area (Å²) >= 11 is 0. The van der Waals surface area contributed by atoms with E-state index in [4.69, 9.17) is 0 Å². The molecular weight excluding hydrogens is 218 g/mol. The van der Waals surface area contributed by atoms with E-state index >= 15 is 0 Å². The molecule has 1 aliphatic rings. The van der Waals surface area contributed by atoms with E-state index in [1.807, 2.05) is 0 Å². The quantitative estimate of drug-likeness (QED) is 0.700. The Morgan fingerprint density at radius 1 is 1.31 bits per heavy atom. The molecule has 1 aliphatic heterocycles. The highest BCUT2D eigenvalue weighted by molar-refractivity contribution is 7.97. The molecule has 0 bridgehead atoms. The van der Waals surface area contributed by atoms with Gasteiger partial charge in [0.2, 0.25) is 0 Å². The van der Waals surface area contributed by atoms with Gasteiger partial charge in [0, 0.05) is 29.1 Å². The Labute approximate surface area is 102 Å². The van der Waals surface area contributed by atoms with E-state index in [0.29, 0.717) is 5.41 Å². The van der Waals surface area contributed by atoms with Crippen LogP contribution >= 0.6 is 0 Å². The molecule has 1 fully saturated rings. The first-order chi connectivity index (χ1) is 7.18. The first kappa shape index (κ1) is 14.0. The Kier molecular flexibility index (Phi) is 4.47. The van der Waals surface area contributed by atoms with Crippen LogP contribution < -0.4 is 0 Å². The van der Waals surface area contributed by atoms with E-state index in [2.05, 4.69) is 30.9 Å². The van der Waals surface area contributed by atoms with Crippen molar-refractivity contribution >= 4 is 15.6 Å². The maximum Gasteiger partial charge on any atom is 0.0245 e. The van der Waals surface area contributed by atoms with Crippen LogP contribution in [0, 0.1) is 11.3 Å². The summed E-state index contributed by atoms with van der Waals surface area (Å²) in [5.74, 6) is 4.59. The number of rotatable bonds is 3. The molecule has 0 aliphatic carbocycles. The lowest BCUT2D eigenvalue weighted by molar-refractivity contribution is 0.239. The number of hydrogen-bond donors (Lipinski definition) is 0. The van der Waals surface area contributed by atoms with Gasteiger partial charge in [0.15, 0.2) is 0 Å². The summed E-state index contributed by atoms with van der Waals surface area (Å²) < 4.78 is 13.8. The van der Waals surface area contributed by atoms with Gasteiger partial charge in [0.05, 0.1) is 0 Å². The summed E-state index contributed by atoms with van der Waals surface area (Å²) in [4.78, 5) is 0. The molecule has 96 valence electrons. The van der Waals surface area contributed by atoms with Gasteiger partial charge in [-0.25, -0.2) is 4.31 Å². The largest absolute Gasteiger partial charge is 0.253 e. The van der Waals surface area contributed by atoms with Gasteiger partial charge in [-0.15, -0.1) is 0 Å². The van der Waals surface area contributed by atoms with Crippen molar-refractivity contribution in [2.24, 2.45) is 11.3 Å². The van der Waals surface area contributed by atoms with E-state index in [0.717, 1.165) is 19.0 Å². The van der Waals surface area contributed by atoms with Crippen molar-refractivity contribution < 1.29 is 4.21 Å². The van der Waals surface area contributed by atoms with Gasteiger partial charge in [-0.3, -0.25) is 4.21 Å². The maximum absolute atomic E-state index is 11.8. The van der Waals surface area contributed by atoms with Crippen LogP contribution in [-0.2, 0) is 9.71 Å². The minimum atomic E-state index is -1.96. The third-order valence-corrected chi connectivity index (χ3v) is 4.88. The van der Waals surface area contributed by atoms with Crippen molar-refractivity contribution in [3.05, 3.63) is 0 Å². The Morgan fingerprint density at radius 2 is 1.81 bits per heavy atom. The van der Waals surface area contributed by atoms with Gasteiger partial charge >= 0.3 is 0 Å². The molecule has 0 aromatic rings. The van der Waals surface area contributed by atoms with Crippen LogP contribution in [0.15, 0.2) is 0 Å². The second-order valence-corrected chi connectivity index (χ2v) is 8.87. The summed E-state index contributed by atoms with van der Waals surface area (Å²) in [6.07, 6.45) is 6.75. The zero-order valence-corrected chi connectivity index (χ0v) is 12.1. The Bertz CT molecular complexity index is 305. The highest BCUT2D eigenvalue weighted by Gasteiger charge is 2.23. The molecule has 0 aromatic carbocycles. The SMILES string of the molecule is C=S(C)(=O)N1CCC(CCC(C)(C)C)CC1. The first-order valence-corrected chi connectivity index (χ1v) is 8.35. The normalized spacial score (nSPS) is 24.2. The Balaban J connectivity index is 2.33. The third kappa shape index (κ3) is 4.88. The topological polar surface area (TPSA) is 20.3 Å². The number of piperidine rings is 1. The highest BCUT2D eigenvalue weighted by Crippen LogP contribution is 2.29. The van der Waals surface area contributed by atoms with Gasteiger partial charge in [0.25, 0.3) is 0 Å². The van der Waals surface area contributed by atoms with E-state index in [-0.39, 0.29) is 0 Å². The maximum atomic E-state index is 11.8. The van der Waals surface area contributed by atoms with Crippen molar-refractivity contribution in [3.8, 4) is 0 Å². The standard InChI is InChI=1S/C13H27NOS/c1-13(2,3)9-6-12-7-10-14(11-8-12)16(4,5)15/h12H,4,6-11H2,1-3,5H3. The summed E-state index contributed by atoms with van der Waals surface area (Å²) in [6.45, 7) is 8.84. The molecule has 0 spiro atoms. The molecule has 0 aromatic heterocycles. The minimum absolute atomic E-state index is 0.446. The van der Waals surface area contributed by atoms with E-state index in [9.17, 15) is 4.21 Å². The van der Waals surface area contributed by atoms with Crippen LogP contribution in [0.1, 0.15) is 46.5 Å². The van der Waals surface area contributed by atoms with Crippen LogP contribution in [0.3, 0.4) is 0 Å². The third-order valence-electron chi connectivity index (χ3n) is 3.42. The molecule has 0 N–H and O–H groups in total. The summed E-state index contributed by atoms with van der Waals surface area (Å²) in [5.41, 5.74) is 0.446. The summed E-state index contributed by atoms with van der Waals surface area (Å²) in [7, 11) is -1.96. The van der Waals surface area contributed by atoms with Crippen molar-refractivity contribution in [2.45, 2.75) is 46.5 Å². The highest BCUT2D eigenvalue weighted by atomic mass is 32.2. The van der Waals surface area contributed by atoms with Gasteiger partial charge in [-0.05, 0) is 42.9 Å². The van der Waals surface area contributed by atoms with Crippen molar-refractivity contribution in [1.29, 1.82) is 0 Å². The Hall–Kier alpha value is -0.0200. The zero-order chi connectivity index (χ0) is 12.4. The molecule has 0 radical (unpaired) electrons. The van der Waals surface area contributed by atoms with Gasteiger partial charge in [-0.1, -0.05) is 20.8 Å². The lowest BCUT2D eigenvalue weighted by Crippen LogP contribution is -2.37. The number of hydrogen-bond acceptors (Lipinski definition) is 1. The fourth-order valence-corrected chi connectivity index (χ4v) is 3.20. The fourth-order valence-electron chi connectivity index (χ4n) is 2.22. The molecule has 1 saturated heterocycles. The summed E-state index contributed by atoms with van der Waals surface area (Å²) in [5, 5.41) is 0. The average Bonchev–Trinajstić information content (AvgIpc) is 2.13. The van der Waals surface area contributed by atoms with Crippen molar-refractivity contribution in [1.82, 2.24) is 4.31 Å². The predicted molar refractivity (Wildman–Crippen MR) is 74.2 cm³/mol. The molecule has 3 heteroatoms. The van der Waals surface area contributed by atoms with Gasteiger partial charge in [0.1, 0.15) is 0 Å². The molecular formula is C13H27NOS. The van der Waals surface area contributed by atoms with Crippen LogP contribution in [-0.4, -0.2) is 33.7 Å². The lowest BCUT2D eigenvalue weighted by atomic mass is 9.84. The molecule has 1 atom stereocenters. The molecule has 1 unspecified atom stereocenters. The molecule has 0 saturated carbocycles. The zero-order valence-electron chi connectivity index (χ0n) is 11.3. The second kappa shape index (κ2) is 5.09. The fraction of sp³-hybridized carbons (Fsp3) is 0.923. The van der Waals surface area contributed by atoms with E-state index in [1.54, 1.807) is 6.26 Å². The lowest BCUT2D eigenvalue weighted by Gasteiger charge is -2.33. The summed E-state index contributed by atoms with van der Waals surface area (Å²) in [6, 6.07) is 0. The predicted octanol–water partition coefficient (Wildman–Crippen LogP) is 2.79.